The van der Waals surface area contributed by atoms with E-state index >= 15 is 0 Å². The molecule has 1 aromatic rings. The van der Waals surface area contributed by atoms with E-state index in [0.717, 1.165) is 25.9 Å². The second-order valence-electron chi connectivity index (χ2n) is 3.84. The van der Waals surface area contributed by atoms with Crippen molar-refractivity contribution in [1.82, 2.24) is 9.88 Å². The zero-order valence-corrected chi connectivity index (χ0v) is 9.33. The Bertz CT molecular complexity index is 273. The number of likely N-dealkylation sites (tertiary alicyclic amines) is 1. The van der Waals surface area contributed by atoms with Crippen LogP contribution in [0.3, 0.4) is 0 Å². The molecule has 0 aliphatic carbocycles. The molecule has 1 saturated heterocycles. The second-order valence-corrected chi connectivity index (χ2v) is 4.76. The summed E-state index contributed by atoms with van der Waals surface area (Å²) in [7, 11) is 0. The fourth-order valence-electron chi connectivity index (χ4n) is 2.09. The lowest BCUT2D eigenvalue weighted by molar-refractivity contribution is 0.236. The van der Waals surface area contributed by atoms with Gasteiger partial charge >= 0.3 is 0 Å². The summed E-state index contributed by atoms with van der Waals surface area (Å²) in [6.07, 6.45) is 4.14. The van der Waals surface area contributed by atoms with Gasteiger partial charge < -0.3 is 5.73 Å². The van der Waals surface area contributed by atoms with Crippen LogP contribution in [0.1, 0.15) is 30.8 Å². The van der Waals surface area contributed by atoms with Crippen LogP contribution in [0.2, 0.25) is 0 Å². The second kappa shape index (κ2) is 4.38. The fourth-order valence-corrected chi connectivity index (χ4v) is 2.94. The Morgan fingerprint density at radius 2 is 2.64 bits per heavy atom. The molecule has 0 aromatic carbocycles. The van der Waals surface area contributed by atoms with Crippen molar-refractivity contribution in [3.63, 3.8) is 0 Å². The van der Waals surface area contributed by atoms with Gasteiger partial charge in [-0.3, -0.25) is 4.90 Å². The largest absolute Gasteiger partial charge is 0.326 e. The number of thiazole rings is 1. The van der Waals surface area contributed by atoms with E-state index in [4.69, 9.17) is 5.73 Å². The lowest BCUT2D eigenvalue weighted by atomic mass is 10.2. The van der Waals surface area contributed by atoms with E-state index in [-0.39, 0.29) is 0 Å². The minimum Gasteiger partial charge on any atom is -0.326 e. The third kappa shape index (κ3) is 1.97. The van der Waals surface area contributed by atoms with Gasteiger partial charge in [0, 0.05) is 30.7 Å². The fraction of sp³-hybridized carbons (Fsp3) is 0.700. The van der Waals surface area contributed by atoms with Crippen molar-refractivity contribution in [2.45, 2.75) is 31.8 Å². The molecule has 0 bridgehead atoms. The van der Waals surface area contributed by atoms with E-state index in [0.29, 0.717) is 12.1 Å². The third-order valence-electron chi connectivity index (χ3n) is 2.82. The van der Waals surface area contributed by atoms with Gasteiger partial charge in [0.05, 0.1) is 6.04 Å². The highest BCUT2D eigenvalue weighted by Gasteiger charge is 2.27. The molecular weight excluding hydrogens is 194 g/mol. The van der Waals surface area contributed by atoms with Crippen LogP contribution >= 0.6 is 11.3 Å². The maximum atomic E-state index is 5.91. The maximum Gasteiger partial charge on any atom is 0.110 e. The Hall–Kier alpha value is -0.450. The molecular formula is C10H17N3S. The lowest BCUT2D eigenvalue weighted by Gasteiger charge is -2.24. The molecule has 14 heavy (non-hydrogen) atoms. The molecule has 1 aliphatic rings. The zero-order valence-electron chi connectivity index (χ0n) is 8.52. The first-order chi connectivity index (χ1) is 6.81. The van der Waals surface area contributed by atoms with Gasteiger partial charge in [-0.25, -0.2) is 4.98 Å². The summed E-state index contributed by atoms with van der Waals surface area (Å²) < 4.78 is 0. The number of hydrogen-bond donors (Lipinski definition) is 1. The van der Waals surface area contributed by atoms with Crippen LogP contribution in [0.4, 0.5) is 0 Å². The Kier molecular flexibility index (Phi) is 3.15. The normalized spacial score (nSPS) is 25.4. The third-order valence-corrected chi connectivity index (χ3v) is 3.70. The van der Waals surface area contributed by atoms with Crippen molar-refractivity contribution in [2.75, 3.05) is 13.1 Å². The maximum absolute atomic E-state index is 5.91. The summed E-state index contributed by atoms with van der Waals surface area (Å²) in [6.45, 7) is 4.37. The Morgan fingerprint density at radius 1 is 1.79 bits per heavy atom. The summed E-state index contributed by atoms with van der Waals surface area (Å²) in [5.74, 6) is 0. The first-order valence-electron chi connectivity index (χ1n) is 5.20. The molecule has 0 amide bonds. The van der Waals surface area contributed by atoms with E-state index in [1.807, 2.05) is 11.6 Å². The highest BCUT2D eigenvalue weighted by Crippen LogP contribution is 2.28. The molecule has 2 heterocycles. The van der Waals surface area contributed by atoms with Gasteiger partial charge in [0.15, 0.2) is 0 Å². The van der Waals surface area contributed by atoms with E-state index in [2.05, 4.69) is 16.8 Å². The van der Waals surface area contributed by atoms with E-state index in [1.54, 1.807) is 11.3 Å². The van der Waals surface area contributed by atoms with Crippen LogP contribution in [0, 0.1) is 0 Å². The molecule has 1 aliphatic heterocycles. The van der Waals surface area contributed by atoms with Gasteiger partial charge in [-0.05, 0) is 12.8 Å². The molecule has 2 unspecified atom stereocenters. The molecule has 78 valence electrons. The quantitative estimate of drug-likeness (QED) is 0.826. The molecule has 0 saturated carbocycles. The van der Waals surface area contributed by atoms with Gasteiger partial charge in [0.2, 0.25) is 0 Å². The average molecular weight is 211 g/mol. The van der Waals surface area contributed by atoms with Gasteiger partial charge in [-0.1, -0.05) is 6.92 Å². The van der Waals surface area contributed by atoms with Crippen LogP contribution in [-0.4, -0.2) is 29.0 Å². The molecule has 0 spiro atoms. The molecule has 2 atom stereocenters. The highest BCUT2D eigenvalue weighted by atomic mass is 32.1. The standard InChI is InChI=1S/C10H17N3S/c1-2-9(10-12-4-6-14-10)13-5-3-8(11)7-13/h4,6,8-9H,2-3,5,7,11H2,1H3. The van der Waals surface area contributed by atoms with Crippen molar-refractivity contribution in [3.8, 4) is 0 Å². The zero-order chi connectivity index (χ0) is 9.97. The van der Waals surface area contributed by atoms with Crippen molar-refractivity contribution < 1.29 is 0 Å². The monoisotopic (exact) mass is 211 g/mol. The Labute approximate surface area is 88.9 Å². The highest BCUT2D eigenvalue weighted by molar-refractivity contribution is 7.09. The first-order valence-corrected chi connectivity index (χ1v) is 6.08. The van der Waals surface area contributed by atoms with E-state index in [1.165, 1.54) is 5.01 Å². The summed E-state index contributed by atoms with van der Waals surface area (Å²) in [5, 5.41) is 3.29. The van der Waals surface area contributed by atoms with Crippen LogP contribution in [0.5, 0.6) is 0 Å². The Balaban J connectivity index is 2.07. The number of hydrogen-bond acceptors (Lipinski definition) is 4. The van der Waals surface area contributed by atoms with Crippen molar-refractivity contribution in [2.24, 2.45) is 5.73 Å². The molecule has 1 fully saturated rings. The van der Waals surface area contributed by atoms with Crippen molar-refractivity contribution in [3.05, 3.63) is 16.6 Å². The number of nitrogens with two attached hydrogens (primary N) is 1. The molecule has 0 radical (unpaired) electrons. The van der Waals surface area contributed by atoms with Gasteiger partial charge in [0.25, 0.3) is 0 Å². The minimum atomic E-state index is 0.365. The number of aromatic nitrogens is 1. The smallest absolute Gasteiger partial charge is 0.110 e. The minimum absolute atomic E-state index is 0.365. The summed E-state index contributed by atoms with van der Waals surface area (Å²) >= 11 is 1.75. The first kappa shape index (κ1) is 10.1. The molecule has 3 nitrogen and oxygen atoms in total. The van der Waals surface area contributed by atoms with Crippen LogP contribution < -0.4 is 5.73 Å². The topological polar surface area (TPSA) is 42.2 Å². The molecule has 2 rings (SSSR count). The van der Waals surface area contributed by atoms with Gasteiger partial charge in [0.1, 0.15) is 5.01 Å². The lowest BCUT2D eigenvalue weighted by Crippen LogP contribution is -2.29. The molecule has 2 N–H and O–H groups in total. The van der Waals surface area contributed by atoms with Crippen LogP contribution in [-0.2, 0) is 0 Å². The molecule has 4 heteroatoms. The predicted octanol–water partition coefficient (Wildman–Crippen LogP) is 1.63. The average Bonchev–Trinajstić information content (AvgIpc) is 2.79. The Morgan fingerprint density at radius 3 is 3.14 bits per heavy atom. The number of nitrogens with zero attached hydrogens (tertiary/aromatic N) is 2. The van der Waals surface area contributed by atoms with Gasteiger partial charge in [-0.15, -0.1) is 11.3 Å². The SMILES string of the molecule is CCC(c1nccs1)N1CCC(N)C1. The van der Waals surface area contributed by atoms with Gasteiger partial charge in [-0.2, -0.15) is 0 Å². The van der Waals surface area contributed by atoms with Crippen LogP contribution in [0.25, 0.3) is 0 Å². The summed E-state index contributed by atoms with van der Waals surface area (Å²) in [5.41, 5.74) is 5.91. The molecule has 1 aromatic heterocycles. The predicted molar refractivity (Wildman–Crippen MR) is 59.3 cm³/mol. The van der Waals surface area contributed by atoms with Crippen molar-refractivity contribution >= 4 is 11.3 Å². The number of rotatable bonds is 3. The summed E-state index contributed by atoms with van der Waals surface area (Å²) in [4.78, 5) is 6.85. The van der Waals surface area contributed by atoms with Crippen molar-refractivity contribution in [1.29, 1.82) is 0 Å². The summed E-state index contributed by atoms with van der Waals surface area (Å²) in [6, 6.07) is 0.854. The van der Waals surface area contributed by atoms with Crippen LogP contribution in [0.15, 0.2) is 11.6 Å². The van der Waals surface area contributed by atoms with E-state index in [9.17, 15) is 0 Å². The van der Waals surface area contributed by atoms with E-state index < -0.39 is 0 Å².